The highest BCUT2D eigenvalue weighted by atomic mass is 127. The average Bonchev–Trinajstić information content (AvgIpc) is 2.49. The predicted octanol–water partition coefficient (Wildman–Crippen LogP) is 3.54. The molecule has 0 amide bonds. The van der Waals surface area contributed by atoms with Gasteiger partial charge in [0.2, 0.25) is 0 Å². The Morgan fingerprint density at radius 2 is 2.33 bits per heavy atom. The number of pyridine rings is 1. The molecule has 0 spiro atoms. The molecule has 0 aliphatic carbocycles. The Kier molecular flexibility index (Phi) is 2.47. The normalized spacial score (nSPS) is 10.8. The summed E-state index contributed by atoms with van der Waals surface area (Å²) in [5.41, 5.74) is 0.918. The Hall–Kier alpha value is 0.0600. The fourth-order valence-corrected chi connectivity index (χ4v) is 2.51. The SMILES string of the molecule is Clc1ccnc2c1ccn2SI. The van der Waals surface area contributed by atoms with Crippen LogP contribution in [0.3, 0.4) is 0 Å². The molecular weight excluding hydrogens is 307 g/mol. The Labute approximate surface area is 91.0 Å². The quantitative estimate of drug-likeness (QED) is 0.750. The standard InChI is InChI=1S/C7H4ClIN2S/c8-6-1-3-10-7-5(6)2-4-11(7)12-9/h1-4H. The van der Waals surface area contributed by atoms with E-state index < -0.39 is 0 Å². The molecular formula is C7H4ClIN2S. The third kappa shape index (κ3) is 1.31. The molecule has 0 saturated heterocycles. The number of rotatable bonds is 1. The van der Waals surface area contributed by atoms with E-state index in [2.05, 4.69) is 26.2 Å². The molecule has 0 saturated carbocycles. The molecule has 0 bridgehead atoms. The lowest BCUT2D eigenvalue weighted by atomic mass is 10.3. The molecule has 12 heavy (non-hydrogen) atoms. The minimum absolute atomic E-state index is 0.754. The van der Waals surface area contributed by atoms with E-state index in [-0.39, 0.29) is 0 Å². The topological polar surface area (TPSA) is 17.8 Å². The van der Waals surface area contributed by atoms with E-state index in [9.17, 15) is 0 Å². The highest BCUT2D eigenvalue weighted by molar-refractivity contribution is 14.2. The largest absolute Gasteiger partial charge is 0.266 e. The summed E-state index contributed by atoms with van der Waals surface area (Å²) in [7, 11) is 1.58. The molecule has 2 nitrogen and oxygen atoms in total. The zero-order valence-electron chi connectivity index (χ0n) is 5.87. The van der Waals surface area contributed by atoms with Gasteiger partial charge in [-0.3, -0.25) is 3.97 Å². The minimum Gasteiger partial charge on any atom is -0.266 e. The van der Waals surface area contributed by atoms with Gasteiger partial charge in [0.1, 0.15) is 0 Å². The summed E-state index contributed by atoms with van der Waals surface area (Å²) in [5, 5.41) is 1.76. The number of hydrogen-bond acceptors (Lipinski definition) is 2. The first-order valence-corrected chi connectivity index (χ1v) is 6.93. The molecule has 62 valence electrons. The summed E-state index contributed by atoms with van der Waals surface area (Å²) >= 11 is 8.17. The molecule has 2 aromatic heterocycles. The summed E-state index contributed by atoms with van der Waals surface area (Å²) in [6.45, 7) is 0. The van der Waals surface area contributed by atoms with Crippen LogP contribution in [0.5, 0.6) is 0 Å². The fourth-order valence-electron chi connectivity index (χ4n) is 1.04. The van der Waals surface area contributed by atoms with Gasteiger partial charge in [0.15, 0.2) is 5.65 Å². The van der Waals surface area contributed by atoms with Gasteiger partial charge in [0.25, 0.3) is 0 Å². The van der Waals surface area contributed by atoms with E-state index in [0.717, 1.165) is 16.1 Å². The number of fused-ring (bicyclic) bond motifs is 1. The van der Waals surface area contributed by atoms with Crippen molar-refractivity contribution < 1.29 is 0 Å². The lowest BCUT2D eigenvalue weighted by molar-refractivity contribution is 1.27. The van der Waals surface area contributed by atoms with Crippen LogP contribution in [0.2, 0.25) is 5.02 Å². The first kappa shape index (κ1) is 8.65. The van der Waals surface area contributed by atoms with Gasteiger partial charge in [-0.1, -0.05) is 11.6 Å². The number of halogens is 2. The van der Waals surface area contributed by atoms with Gasteiger partial charge < -0.3 is 0 Å². The monoisotopic (exact) mass is 310 g/mol. The number of hydrogen-bond donors (Lipinski definition) is 0. The van der Waals surface area contributed by atoms with Gasteiger partial charge in [-0.15, -0.1) is 0 Å². The van der Waals surface area contributed by atoms with E-state index in [0.29, 0.717) is 0 Å². The van der Waals surface area contributed by atoms with Crippen LogP contribution in [0.4, 0.5) is 0 Å². The molecule has 0 fully saturated rings. The minimum atomic E-state index is 0.754. The van der Waals surface area contributed by atoms with Crippen LogP contribution in [-0.2, 0) is 0 Å². The lowest BCUT2D eigenvalue weighted by Crippen LogP contribution is -1.82. The second-order valence-corrected chi connectivity index (χ2v) is 4.36. The van der Waals surface area contributed by atoms with Gasteiger partial charge in [0, 0.05) is 48.1 Å². The molecule has 0 aliphatic heterocycles. The van der Waals surface area contributed by atoms with Gasteiger partial charge in [-0.25, -0.2) is 4.98 Å². The molecule has 0 atom stereocenters. The van der Waals surface area contributed by atoms with Crippen LogP contribution in [0, 0.1) is 0 Å². The maximum atomic E-state index is 5.96. The Morgan fingerprint density at radius 1 is 1.50 bits per heavy atom. The molecule has 2 aromatic rings. The highest BCUT2D eigenvalue weighted by Crippen LogP contribution is 2.27. The Bertz CT molecular complexity index is 415. The lowest BCUT2D eigenvalue weighted by Gasteiger charge is -1.96. The van der Waals surface area contributed by atoms with Gasteiger partial charge in [-0.2, -0.15) is 0 Å². The maximum Gasteiger partial charge on any atom is 0.152 e. The molecule has 0 aliphatic rings. The second kappa shape index (κ2) is 3.43. The fraction of sp³-hybridized carbons (Fsp3) is 0. The van der Waals surface area contributed by atoms with Crippen molar-refractivity contribution in [2.45, 2.75) is 0 Å². The van der Waals surface area contributed by atoms with Crippen molar-refractivity contribution in [2.24, 2.45) is 0 Å². The van der Waals surface area contributed by atoms with Crippen molar-refractivity contribution in [3.8, 4) is 0 Å². The molecule has 2 heterocycles. The predicted molar refractivity (Wildman–Crippen MR) is 61.8 cm³/mol. The van der Waals surface area contributed by atoms with Gasteiger partial charge in [-0.05, 0) is 12.1 Å². The summed E-state index contributed by atoms with van der Waals surface area (Å²) in [6, 6.07) is 3.77. The zero-order valence-corrected chi connectivity index (χ0v) is 9.60. The van der Waals surface area contributed by atoms with Crippen LogP contribution < -0.4 is 0 Å². The summed E-state index contributed by atoms with van der Waals surface area (Å²) in [4.78, 5) is 4.23. The van der Waals surface area contributed by atoms with Crippen LogP contribution >= 0.6 is 41.9 Å². The number of aromatic nitrogens is 2. The molecule has 0 aromatic carbocycles. The molecule has 0 unspecified atom stereocenters. The Balaban J connectivity index is 2.80. The third-order valence-electron chi connectivity index (χ3n) is 1.58. The van der Waals surface area contributed by atoms with Crippen molar-refractivity contribution in [3.63, 3.8) is 0 Å². The number of nitrogens with zero attached hydrogens (tertiary/aromatic N) is 2. The van der Waals surface area contributed by atoms with E-state index in [1.807, 2.05) is 16.2 Å². The maximum absolute atomic E-state index is 5.96. The van der Waals surface area contributed by atoms with E-state index in [4.69, 9.17) is 11.6 Å². The van der Waals surface area contributed by atoms with Crippen LogP contribution in [0.25, 0.3) is 11.0 Å². The van der Waals surface area contributed by atoms with Crippen LogP contribution in [0.15, 0.2) is 24.5 Å². The van der Waals surface area contributed by atoms with Crippen molar-refractivity contribution in [1.29, 1.82) is 0 Å². The smallest absolute Gasteiger partial charge is 0.152 e. The van der Waals surface area contributed by atoms with Crippen molar-refractivity contribution in [1.82, 2.24) is 8.96 Å². The van der Waals surface area contributed by atoms with E-state index in [1.54, 1.807) is 21.4 Å². The average molecular weight is 311 g/mol. The zero-order chi connectivity index (χ0) is 8.55. The molecule has 0 N–H and O–H groups in total. The molecule has 0 radical (unpaired) electrons. The summed E-state index contributed by atoms with van der Waals surface area (Å²) < 4.78 is 1.97. The van der Waals surface area contributed by atoms with Crippen molar-refractivity contribution in [2.75, 3.05) is 0 Å². The summed E-state index contributed by atoms with van der Waals surface area (Å²) in [5.74, 6) is 0. The second-order valence-electron chi connectivity index (χ2n) is 2.24. The van der Waals surface area contributed by atoms with Crippen molar-refractivity contribution >= 4 is 53.0 Å². The van der Waals surface area contributed by atoms with E-state index in [1.165, 1.54) is 0 Å². The van der Waals surface area contributed by atoms with Gasteiger partial charge in [0.05, 0.1) is 5.02 Å². The summed E-state index contributed by atoms with van der Waals surface area (Å²) in [6.07, 6.45) is 3.68. The highest BCUT2D eigenvalue weighted by Gasteiger charge is 2.03. The molecule has 2 rings (SSSR count). The first-order valence-electron chi connectivity index (χ1n) is 3.23. The third-order valence-corrected chi connectivity index (χ3v) is 3.62. The Morgan fingerprint density at radius 3 is 3.08 bits per heavy atom. The van der Waals surface area contributed by atoms with E-state index >= 15 is 0 Å². The van der Waals surface area contributed by atoms with Crippen molar-refractivity contribution in [3.05, 3.63) is 29.5 Å². The first-order chi connectivity index (χ1) is 5.83. The van der Waals surface area contributed by atoms with Crippen LogP contribution in [-0.4, -0.2) is 8.96 Å². The van der Waals surface area contributed by atoms with Gasteiger partial charge >= 0.3 is 0 Å². The molecule has 5 heteroatoms. The van der Waals surface area contributed by atoms with Crippen LogP contribution in [0.1, 0.15) is 0 Å².